The minimum atomic E-state index is -0.00799. The molecule has 1 amide bonds. The number of piperidine rings is 1. The van der Waals surface area contributed by atoms with Gasteiger partial charge in [0.05, 0.1) is 11.7 Å². The molecule has 0 radical (unpaired) electrons. The molecule has 5 nitrogen and oxygen atoms in total. The molecule has 1 aromatic rings. The van der Waals surface area contributed by atoms with Crippen LogP contribution in [0.5, 0.6) is 0 Å². The summed E-state index contributed by atoms with van der Waals surface area (Å²) in [6, 6.07) is 3.68. The monoisotopic (exact) mass is 287 g/mol. The number of rotatable bonds is 3. The average Bonchev–Trinajstić information content (AvgIpc) is 3.40. The summed E-state index contributed by atoms with van der Waals surface area (Å²) in [6.45, 7) is 1.53. The summed E-state index contributed by atoms with van der Waals surface area (Å²) < 4.78 is 1.67. The number of amides is 1. The minimum absolute atomic E-state index is 0.00799. The van der Waals surface area contributed by atoms with E-state index < -0.39 is 0 Å². The summed E-state index contributed by atoms with van der Waals surface area (Å²) in [7, 11) is 0. The zero-order valence-corrected chi connectivity index (χ0v) is 12.2. The van der Waals surface area contributed by atoms with Gasteiger partial charge in [0.1, 0.15) is 0 Å². The first-order valence-corrected chi connectivity index (χ1v) is 8.11. The summed E-state index contributed by atoms with van der Waals surface area (Å²) in [6.07, 6.45) is 6.20. The average molecular weight is 287 g/mol. The van der Waals surface area contributed by atoms with Crippen molar-refractivity contribution < 1.29 is 4.79 Å². The largest absolute Gasteiger partial charge is 0.342 e. The molecule has 2 saturated carbocycles. The van der Waals surface area contributed by atoms with Gasteiger partial charge in [-0.2, -0.15) is 5.10 Å². The first-order chi connectivity index (χ1) is 10.2. The number of hydrogen-bond donors (Lipinski definition) is 0. The highest BCUT2D eigenvalue weighted by atomic mass is 16.2. The van der Waals surface area contributed by atoms with E-state index in [0.29, 0.717) is 17.7 Å². The molecule has 21 heavy (non-hydrogen) atoms. The van der Waals surface area contributed by atoms with Crippen molar-refractivity contribution in [3.05, 3.63) is 28.2 Å². The maximum absolute atomic E-state index is 12.1. The zero-order valence-electron chi connectivity index (χ0n) is 12.2. The lowest BCUT2D eigenvalue weighted by Crippen LogP contribution is -2.42. The number of aromatic nitrogens is 2. The van der Waals surface area contributed by atoms with Gasteiger partial charge in [-0.05, 0) is 44.6 Å². The van der Waals surface area contributed by atoms with E-state index in [1.165, 1.54) is 12.8 Å². The summed E-state index contributed by atoms with van der Waals surface area (Å²) >= 11 is 0. The number of hydrogen-bond acceptors (Lipinski definition) is 3. The SMILES string of the molecule is O=C(C1CC1)N1CCC(n2nc(C3CC3)ccc2=O)CC1. The fourth-order valence-corrected chi connectivity index (χ4v) is 3.22. The Balaban J connectivity index is 1.46. The van der Waals surface area contributed by atoms with Gasteiger partial charge in [0, 0.05) is 31.0 Å². The summed E-state index contributed by atoms with van der Waals surface area (Å²) in [5.41, 5.74) is 1.05. The normalized spacial score (nSPS) is 23.3. The molecule has 1 aromatic heterocycles. The van der Waals surface area contributed by atoms with Gasteiger partial charge in [-0.1, -0.05) is 0 Å². The minimum Gasteiger partial charge on any atom is -0.342 e. The smallest absolute Gasteiger partial charge is 0.267 e. The van der Waals surface area contributed by atoms with Crippen LogP contribution in [0, 0.1) is 5.92 Å². The highest BCUT2D eigenvalue weighted by Gasteiger charge is 2.35. The van der Waals surface area contributed by atoms with Gasteiger partial charge in [-0.15, -0.1) is 0 Å². The Hall–Kier alpha value is -1.65. The lowest BCUT2D eigenvalue weighted by atomic mass is 10.0. The topological polar surface area (TPSA) is 55.2 Å². The highest BCUT2D eigenvalue weighted by Crippen LogP contribution is 2.38. The number of carbonyl (C=O) groups is 1. The van der Waals surface area contributed by atoms with Crippen molar-refractivity contribution in [2.75, 3.05) is 13.1 Å². The van der Waals surface area contributed by atoms with Crippen LogP contribution in [0.2, 0.25) is 0 Å². The molecule has 5 heteroatoms. The fourth-order valence-electron chi connectivity index (χ4n) is 3.22. The van der Waals surface area contributed by atoms with Crippen LogP contribution in [-0.2, 0) is 4.79 Å². The maximum atomic E-state index is 12.1. The van der Waals surface area contributed by atoms with Crippen molar-refractivity contribution in [2.24, 2.45) is 5.92 Å². The molecule has 112 valence electrons. The van der Waals surface area contributed by atoms with Gasteiger partial charge >= 0.3 is 0 Å². The number of likely N-dealkylation sites (tertiary alicyclic amines) is 1. The quantitative estimate of drug-likeness (QED) is 0.850. The number of carbonyl (C=O) groups excluding carboxylic acids is 1. The van der Waals surface area contributed by atoms with Crippen LogP contribution >= 0.6 is 0 Å². The van der Waals surface area contributed by atoms with E-state index in [2.05, 4.69) is 5.10 Å². The third-order valence-electron chi connectivity index (χ3n) is 4.89. The van der Waals surface area contributed by atoms with Gasteiger partial charge in [0.15, 0.2) is 0 Å². The zero-order chi connectivity index (χ0) is 14.4. The molecule has 2 heterocycles. The first kappa shape index (κ1) is 13.0. The summed E-state index contributed by atoms with van der Waals surface area (Å²) in [5.74, 6) is 1.18. The Labute approximate surface area is 123 Å². The summed E-state index contributed by atoms with van der Waals surface area (Å²) in [4.78, 5) is 26.1. The Morgan fingerprint density at radius 2 is 1.76 bits per heavy atom. The Morgan fingerprint density at radius 3 is 2.38 bits per heavy atom. The van der Waals surface area contributed by atoms with Crippen molar-refractivity contribution >= 4 is 5.91 Å². The molecule has 2 aliphatic carbocycles. The molecule has 3 aliphatic rings. The van der Waals surface area contributed by atoms with E-state index in [1.54, 1.807) is 10.7 Å². The third kappa shape index (κ3) is 2.61. The van der Waals surface area contributed by atoms with E-state index in [9.17, 15) is 9.59 Å². The molecule has 0 aromatic carbocycles. The van der Waals surface area contributed by atoms with Crippen molar-refractivity contribution in [1.29, 1.82) is 0 Å². The predicted octanol–water partition coefficient (Wildman–Crippen LogP) is 1.69. The van der Waals surface area contributed by atoms with E-state index in [1.807, 2.05) is 11.0 Å². The molecule has 1 aliphatic heterocycles. The van der Waals surface area contributed by atoms with Crippen LogP contribution in [0.15, 0.2) is 16.9 Å². The van der Waals surface area contributed by atoms with Gasteiger partial charge in [0.2, 0.25) is 5.91 Å². The third-order valence-corrected chi connectivity index (χ3v) is 4.89. The van der Waals surface area contributed by atoms with Crippen molar-refractivity contribution in [3.8, 4) is 0 Å². The van der Waals surface area contributed by atoms with E-state index in [0.717, 1.165) is 44.5 Å². The molecule has 0 N–H and O–H groups in total. The first-order valence-electron chi connectivity index (χ1n) is 8.11. The molecule has 0 unspecified atom stereocenters. The van der Waals surface area contributed by atoms with Crippen LogP contribution in [0.3, 0.4) is 0 Å². The fraction of sp³-hybridized carbons (Fsp3) is 0.688. The maximum Gasteiger partial charge on any atom is 0.267 e. The Bertz CT molecular complexity index is 608. The molecule has 0 bridgehead atoms. The standard InChI is InChI=1S/C16H21N3O2/c20-15-6-5-14(11-1-2-11)17-19(15)13-7-9-18(10-8-13)16(21)12-3-4-12/h5-6,11-13H,1-4,7-10H2. The van der Waals surface area contributed by atoms with E-state index in [4.69, 9.17) is 0 Å². The second kappa shape index (κ2) is 4.97. The van der Waals surface area contributed by atoms with Gasteiger partial charge in [0.25, 0.3) is 5.56 Å². The van der Waals surface area contributed by atoms with Crippen LogP contribution in [0.1, 0.15) is 56.2 Å². The Morgan fingerprint density at radius 1 is 1.05 bits per heavy atom. The van der Waals surface area contributed by atoms with E-state index >= 15 is 0 Å². The molecule has 4 rings (SSSR count). The molecular weight excluding hydrogens is 266 g/mol. The van der Waals surface area contributed by atoms with Gasteiger partial charge < -0.3 is 4.90 Å². The molecule has 3 fully saturated rings. The van der Waals surface area contributed by atoms with Gasteiger partial charge in [-0.25, -0.2) is 4.68 Å². The predicted molar refractivity (Wildman–Crippen MR) is 78.0 cm³/mol. The molecule has 1 saturated heterocycles. The summed E-state index contributed by atoms with van der Waals surface area (Å²) in [5, 5.41) is 4.58. The van der Waals surface area contributed by atoms with Crippen molar-refractivity contribution in [2.45, 2.75) is 50.5 Å². The van der Waals surface area contributed by atoms with Crippen LogP contribution in [-0.4, -0.2) is 33.7 Å². The van der Waals surface area contributed by atoms with Crippen LogP contribution in [0.4, 0.5) is 0 Å². The lowest BCUT2D eigenvalue weighted by Gasteiger charge is -2.32. The van der Waals surface area contributed by atoms with Crippen LogP contribution in [0.25, 0.3) is 0 Å². The van der Waals surface area contributed by atoms with Crippen molar-refractivity contribution in [3.63, 3.8) is 0 Å². The molecular formula is C16H21N3O2. The van der Waals surface area contributed by atoms with Crippen molar-refractivity contribution in [1.82, 2.24) is 14.7 Å². The van der Waals surface area contributed by atoms with Gasteiger partial charge in [-0.3, -0.25) is 9.59 Å². The second-order valence-electron chi connectivity index (χ2n) is 6.65. The highest BCUT2D eigenvalue weighted by molar-refractivity contribution is 5.81. The lowest BCUT2D eigenvalue weighted by molar-refractivity contribution is -0.133. The molecule has 0 atom stereocenters. The number of nitrogens with zero attached hydrogens (tertiary/aromatic N) is 3. The molecule has 0 spiro atoms. The van der Waals surface area contributed by atoms with E-state index in [-0.39, 0.29) is 11.6 Å². The second-order valence-corrected chi connectivity index (χ2v) is 6.65. The van der Waals surface area contributed by atoms with Crippen LogP contribution < -0.4 is 5.56 Å². The Kier molecular flexibility index (Phi) is 3.08.